The Labute approximate surface area is 114 Å². The summed E-state index contributed by atoms with van der Waals surface area (Å²) >= 11 is 4.24. The van der Waals surface area contributed by atoms with Crippen molar-refractivity contribution in [1.29, 1.82) is 0 Å². The number of carboxylic acid groups (broad SMARTS) is 1. The second-order valence-corrected chi connectivity index (χ2v) is 4.68. The van der Waals surface area contributed by atoms with Crippen LogP contribution in [0.15, 0.2) is 28.1 Å². The van der Waals surface area contributed by atoms with Crippen LogP contribution in [-0.2, 0) is 0 Å². The number of rotatable bonds is 3. The molecule has 0 spiro atoms. The normalized spacial score (nSPS) is 10.1. The van der Waals surface area contributed by atoms with E-state index < -0.39 is 11.9 Å². The molecule has 1 amide bonds. The van der Waals surface area contributed by atoms with E-state index in [-0.39, 0.29) is 16.9 Å². The molecule has 1 aromatic heterocycles. The van der Waals surface area contributed by atoms with E-state index in [0.717, 1.165) is 11.5 Å². The van der Waals surface area contributed by atoms with E-state index in [1.54, 1.807) is 12.1 Å². The number of benzene rings is 1. The number of aromatic nitrogens is 2. The van der Waals surface area contributed by atoms with Gasteiger partial charge in [0, 0.05) is 9.85 Å². The highest BCUT2D eigenvalue weighted by Gasteiger charge is 2.17. The first kappa shape index (κ1) is 12.7. The summed E-state index contributed by atoms with van der Waals surface area (Å²) in [5.74, 6) is -1.62. The van der Waals surface area contributed by atoms with Crippen LogP contribution < -0.4 is 5.32 Å². The van der Waals surface area contributed by atoms with Crippen molar-refractivity contribution in [3.8, 4) is 0 Å². The van der Waals surface area contributed by atoms with Crippen LogP contribution in [-0.4, -0.2) is 26.6 Å². The molecule has 2 aromatic rings. The Bertz CT molecular complexity index is 600. The maximum Gasteiger partial charge on any atom is 0.337 e. The Morgan fingerprint density at radius 1 is 1.39 bits per heavy atom. The van der Waals surface area contributed by atoms with Gasteiger partial charge in [0.25, 0.3) is 5.91 Å². The number of para-hydroxylation sites is 1. The molecular weight excluding hydrogens is 322 g/mol. The fraction of sp³-hybridized carbons (Fsp3) is 0. The highest BCUT2D eigenvalue weighted by Crippen LogP contribution is 2.27. The highest BCUT2D eigenvalue weighted by molar-refractivity contribution is 9.10. The van der Waals surface area contributed by atoms with Crippen LogP contribution in [0.25, 0.3) is 0 Å². The average Bonchev–Trinajstić information content (AvgIpc) is 2.85. The summed E-state index contributed by atoms with van der Waals surface area (Å²) in [7, 11) is 0. The first-order chi connectivity index (χ1) is 8.59. The topological polar surface area (TPSA) is 92.2 Å². The van der Waals surface area contributed by atoms with Gasteiger partial charge in [0.2, 0.25) is 0 Å². The number of hydrogen-bond donors (Lipinski definition) is 2. The smallest absolute Gasteiger partial charge is 0.337 e. The molecule has 0 atom stereocenters. The third kappa shape index (κ3) is 2.54. The lowest BCUT2D eigenvalue weighted by atomic mass is 10.2. The Morgan fingerprint density at radius 2 is 2.17 bits per heavy atom. The number of anilines is 1. The standard InChI is InChI=1S/C10H6BrN3O3S/c11-6-3-1-2-5(10(16)17)8(6)12-9(15)7-4-18-14-13-7/h1-4H,(H,12,15)(H,16,17). The predicted molar refractivity (Wildman–Crippen MR) is 69.0 cm³/mol. The monoisotopic (exact) mass is 327 g/mol. The summed E-state index contributed by atoms with van der Waals surface area (Å²) in [6.07, 6.45) is 0. The van der Waals surface area contributed by atoms with Crippen LogP contribution in [0.2, 0.25) is 0 Å². The zero-order chi connectivity index (χ0) is 13.1. The largest absolute Gasteiger partial charge is 0.478 e. The molecule has 0 unspecified atom stereocenters. The molecule has 92 valence electrons. The maximum absolute atomic E-state index is 11.8. The number of hydrogen-bond acceptors (Lipinski definition) is 5. The summed E-state index contributed by atoms with van der Waals surface area (Å²) in [5, 5.41) is 16.6. The maximum atomic E-state index is 11.8. The SMILES string of the molecule is O=C(Nc1c(Br)cccc1C(=O)O)c1csnn1. The number of amides is 1. The van der Waals surface area contributed by atoms with E-state index in [0.29, 0.717) is 4.47 Å². The molecule has 0 saturated carbocycles. The van der Waals surface area contributed by atoms with Crippen LogP contribution in [0, 0.1) is 0 Å². The van der Waals surface area contributed by atoms with Gasteiger partial charge in [-0.1, -0.05) is 10.6 Å². The van der Waals surface area contributed by atoms with Crippen molar-refractivity contribution in [2.45, 2.75) is 0 Å². The summed E-state index contributed by atoms with van der Waals surface area (Å²) in [4.78, 5) is 22.8. The second-order valence-electron chi connectivity index (χ2n) is 3.21. The summed E-state index contributed by atoms with van der Waals surface area (Å²) < 4.78 is 4.05. The van der Waals surface area contributed by atoms with Gasteiger partial charge in [0.15, 0.2) is 5.69 Å². The summed E-state index contributed by atoms with van der Waals surface area (Å²) in [5.41, 5.74) is 0.344. The molecule has 0 saturated heterocycles. The van der Waals surface area contributed by atoms with Crippen molar-refractivity contribution in [1.82, 2.24) is 9.59 Å². The third-order valence-electron chi connectivity index (χ3n) is 2.08. The first-order valence-corrected chi connectivity index (χ1v) is 6.32. The van der Waals surface area contributed by atoms with E-state index in [2.05, 4.69) is 30.8 Å². The molecule has 0 radical (unpaired) electrons. The van der Waals surface area contributed by atoms with Crippen LogP contribution in [0.5, 0.6) is 0 Å². The fourth-order valence-corrected chi connectivity index (χ4v) is 2.17. The van der Waals surface area contributed by atoms with Crippen molar-refractivity contribution in [3.63, 3.8) is 0 Å². The summed E-state index contributed by atoms with van der Waals surface area (Å²) in [6, 6.07) is 4.62. The van der Waals surface area contributed by atoms with Gasteiger partial charge in [0.05, 0.1) is 11.3 Å². The molecule has 18 heavy (non-hydrogen) atoms. The second kappa shape index (κ2) is 5.23. The van der Waals surface area contributed by atoms with Gasteiger partial charge in [0.1, 0.15) is 0 Å². The highest BCUT2D eigenvalue weighted by atomic mass is 79.9. The number of nitrogens with zero attached hydrogens (tertiary/aromatic N) is 2. The number of nitrogens with one attached hydrogen (secondary N) is 1. The molecule has 8 heteroatoms. The average molecular weight is 328 g/mol. The Balaban J connectivity index is 2.34. The van der Waals surface area contributed by atoms with E-state index in [1.807, 2.05) is 0 Å². The van der Waals surface area contributed by atoms with E-state index in [4.69, 9.17) is 5.11 Å². The van der Waals surface area contributed by atoms with Gasteiger partial charge in [-0.25, -0.2) is 4.79 Å². The van der Waals surface area contributed by atoms with Crippen molar-refractivity contribution >= 4 is 45.0 Å². The zero-order valence-electron chi connectivity index (χ0n) is 8.75. The number of carbonyl (C=O) groups excluding carboxylic acids is 1. The molecule has 0 aliphatic rings. The molecule has 6 nitrogen and oxygen atoms in total. The molecule has 0 aliphatic carbocycles. The number of halogens is 1. The summed E-state index contributed by atoms with van der Waals surface area (Å²) in [6.45, 7) is 0. The molecule has 2 N–H and O–H groups in total. The van der Waals surface area contributed by atoms with Crippen LogP contribution in [0.4, 0.5) is 5.69 Å². The number of aromatic carboxylic acids is 1. The minimum atomic E-state index is -1.12. The molecule has 0 aliphatic heterocycles. The van der Waals surface area contributed by atoms with E-state index in [9.17, 15) is 9.59 Å². The van der Waals surface area contributed by atoms with E-state index in [1.165, 1.54) is 11.4 Å². The lowest BCUT2D eigenvalue weighted by molar-refractivity contribution is 0.0698. The minimum Gasteiger partial charge on any atom is -0.478 e. The van der Waals surface area contributed by atoms with Gasteiger partial charge in [-0.3, -0.25) is 4.79 Å². The fourth-order valence-electron chi connectivity index (χ4n) is 1.27. The molecule has 0 bridgehead atoms. The quantitative estimate of drug-likeness (QED) is 0.901. The number of carbonyl (C=O) groups is 2. The van der Waals surface area contributed by atoms with Crippen LogP contribution >= 0.6 is 27.5 Å². The Morgan fingerprint density at radius 3 is 2.78 bits per heavy atom. The first-order valence-electron chi connectivity index (χ1n) is 4.70. The van der Waals surface area contributed by atoms with Gasteiger partial charge in [-0.05, 0) is 39.6 Å². The third-order valence-corrected chi connectivity index (χ3v) is 3.24. The van der Waals surface area contributed by atoms with Crippen molar-refractivity contribution in [2.75, 3.05) is 5.32 Å². The van der Waals surface area contributed by atoms with Crippen molar-refractivity contribution in [2.24, 2.45) is 0 Å². The van der Waals surface area contributed by atoms with E-state index >= 15 is 0 Å². The molecule has 1 aromatic carbocycles. The molecule has 0 fully saturated rings. The van der Waals surface area contributed by atoms with Gasteiger partial charge >= 0.3 is 5.97 Å². The Hall–Kier alpha value is -1.80. The van der Waals surface area contributed by atoms with Crippen LogP contribution in [0.1, 0.15) is 20.8 Å². The molecular formula is C10H6BrN3O3S. The lowest BCUT2D eigenvalue weighted by Gasteiger charge is -2.09. The molecule has 2 rings (SSSR count). The van der Waals surface area contributed by atoms with Gasteiger partial charge in [-0.2, -0.15) is 0 Å². The van der Waals surface area contributed by atoms with Crippen molar-refractivity contribution < 1.29 is 14.7 Å². The Kier molecular flexibility index (Phi) is 3.68. The van der Waals surface area contributed by atoms with Crippen LogP contribution in [0.3, 0.4) is 0 Å². The lowest BCUT2D eigenvalue weighted by Crippen LogP contribution is -2.15. The predicted octanol–water partition coefficient (Wildman–Crippen LogP) is 2.25. The van der Waals surface area contributed by atoms with Crippen molar-refractivity contribution in [3.05, 3.63) is 39.3 Å². The minimum absolute atomic E-state index is 0.000846. The van der Waals surface area contributed by atoms with Gasteiger partial charge < -0.3 is 10.4 Å². The zero-order valence-corrected chi connectivity index (χ0v) is 11.2. The molecule has 1 heterocycles. The van der Waals surface area contributed by atoms with Gasteiger partial charge in [-0.15, -0.1) is 5.10 Å². The number of carboxylic acids is 1.